The van der Waals surface area contributed by atoms with Crippen LogP contribution < -0.4 is 0 Å². The molecule has 0 unspecified atom stereocenters. The molecule has 0 fully saturated rings. The number of carboxylic acids is 1. The predicted octanol–water partition coefficient (Wildman–Crippen LogP) is 4.24. The second-order valence-electron chi connectivity index (χ2n) is 4.75. The lowest BCUT2D eigenvalue weighted by atomic mass is 10.2. The topological polar surface area (TPSA) is 89.1 Å². The van der Waals surface area contributed by atoms with Crippen molar-refractivity contribution in [2.45, 2.75) is 0 Å². The maximum absolute atomic E-state index is 10.8. The smallest absolute Gasteiger partial charge is 0.355 e. The summed E-state index contributed by atoms with van der Waals surface area (Å²) in [6.45, 7) is 0. The molecule has 1 aromatic carbocycles. The summed E-state index contributed by atoms with van der Waals surface area (Å²) in [5, 5.41) is 11.9. The molecule has 3 heterocycles. The number of pyridine rings is 1. The molecule has 6 nitrogen and oxygen atoms in total. The highest BCUT2D eigenvalue weighted by Crippen LogP contribution is 2.20. The number of thiazole rings is 1. The van der Waals surface area contributed by atoms with Gasteiger partial charge in [-0.25, -0.2) is 19.7 Å². The van der Waals surface area contributed by atoms with Crippen molar-refractivity contribution < 1.29 is 14.3 Å². The zero-order valence-corrected chi connectivity index (χ0v) is 13.8. The maximum atomic E-state index is 10.8. The fraction of sp³-hybridized carbons (Fsp3) is 0. The zero-order chi connectivity index (χ0) is 17.5. The van der Waals surface area contributed by atoms with Gasteiger partial charge in [0.1, 0.15) is 11.3 Å². The minimum absolute atomic E-state index is 0.0602. The second kappa shape index (κ2) is 7.98. The minimum Gasteiger partial charge on any atom is -0.476 e. The van der Waals surface area contributed by atoms with Crippen molar-refractivity contribution in [1.82, 2.24) is 15.0 Å². The number of rotatable bonds is 3. The lowest BCUT2D eigenvalue weighted by Crippen LogP contribution is -2.02. The number of aromatic nitrogens is 3. The molecule has 0 saturated heterocycles. The molecule has 0 atom stereocenters. The Morgan fingerprint density at radius 1 is 0.960 bits per heavy atom. The van der Waals surface area contributed by atoms with E-state index in [1.165, 1.54) is 24.2 Å². The van der Waals surface area contributed by atoms with Gasteiger partial charge in [-0.1, -0.05) is 30.3 Å². The molecule has 0 aliphatic rings. The van der Waals surface area contributed by atoms with E-state index in [-0.39, 0.29) is 11.6 Å². The Labute approximate surface area is 147 Å². The van der Waals surface area contributed by atoms with Crippen LogP contribution in [-0.4, -0.2) is 26.0 Å². The highest BCUT2D eigenvalue weighted by atomic mass is 32.1. The van der Waals surface area contributed by atoms with E-state index in [1.807, 2.05) is 29.8 Å². The molecule has 0 radical (unpaired) electrons. The van der Waals surface area contributed by atoms with Crippen LogP contribution in [0.2, 0.25) is 0 Å². The van der Waals surface area contributed by atoms with Crippen LogP contribution in [0.1, 0.15) is 10.5 Å². The van der Waals surface area contributed by atoms with Crippen LogP contribution in [0, 0.1) is 0 Å². The number of nitrogens with zero attached hydrogens (tertiary/aromatic N) is 3. The minimum atomic E-state index is -1.10. The van der Waals surface area contributed by atoms with Crippen molar-refractivity contribution in [2.75, 3.05) is 0 Å². The lowest BCUT2D eigenvalue weighted by Gasteiger charge is -1.98. The van der Waals surface area contributed by atoms with Crippen molar-refractivity contribution in [3.8, 4) is 22.0 Å². The van der Waals surface area contributed by atoms with E-state index in [2.05, 4.69) is 27.1 Å². The molecular formula is C18H13N3O3S. The third-order valence-corrected chi connectivity index (χ3v) is 3.95. The Hall–Kier alpha value is -3.32. The Bertz CT molecular complexity index is 923. The molecule has 0 bridgehead atoms. The van der Waals surface area contributed by atoms with Crippen LogP contribution in [0.5, 0.6) is 0 Å². The van der Waals surface area contributed by atoms with E-state index in [9.17, 15) is 4.79 Å². The van der Waals surface area contributed by atoms with Crippen molar-refractivity contribution in [2.24, 2.45) is 0 Å². The highest BCUT2D eigenvalue weighted by Gasteiger charge is 2.15. The van der Waals surface area contributed by atoms with Gasteiger partial charge in [0, 0.05) is 23.3 Å². The van der Waals surface area contributed by atoms with Crippen LogP contribution in [0.3, 0.4) is 0 Å². The molecule has 0 aliphatic heterocycles. The van der Waals surface area contributed by atoms with Gasteiger partial charge in [0.25, 0.3) is 0 Å². The molecule has 7 heteroatoms. The standard InChI is InChI=1S/C9H6N2O3.C9H7NS/c12-9(13)7-6(2-1-3-10-7)8-11-4-5-14-8;1-2-4-8(5-3-1)9-10-6-7-11-9/h1-5H,(H,12,13);1-7H. The Morgan fingerprint density at radius 2 is 1.80 bits per heavy atom. The molecule has 25 heavy (non-hydrogen) atoms. The molecule has 4 aromatic rings. The van der Waals surface area contributed by atoms with Crippen molar-refractivity contribution in [3.63, 3.8) is 0 Å². The van der Waals surface area contributed by atoms with Crippen molar-refractivity contribution in [3.05, 3.63) is 78.4 Å². The normalized spacial score (nSPS) is 9.92. The first kappa shape index (κ1) is 16.5. The van der Waals surface area contributed by atoms with Crippen molar-refractivity contribution in [1.29, 1.82) is 0 Å². The van der Waals surface area contributed by atoms with Crippen LogP contribution in [0.4, 0.5) is 0 Å². The molecule has 3 aromatic heterocycles. The monoisotopic (exact) mass is 351 g/mol. The SMILES string of the molecule is O=C(O)c1ncccc1-c1ncco1.c1ccc(-c2nccs2)cc1. The number of carbonyl (C=O) groups is 1. The maximum Gasteiger partial charge on any atom is 0.355 e. The van der Waals surface area contributed by atoms with Gasteiger partial charge in [0.2, 0.25) is 5.89 Å². The third-order valence-electron chi connectivity index (χ3n) is 3.13. The van der Waals surface area contributed by atoms with Gasteiger partial charge in [0.15, 0.2) is 5.69 Å². The van der Waals surface area contributed by atoms with Gasteiger partial charge >= 0.3 is 5.97 Å². The van der Waals surface area contributed by atoms with Crippen LogP contribution in [-0.2, 0) is 0 Å². The van der Waals surface area contributed by atoms with E-state index in [1.54, 1.807) is 23.5 Å². The van der Waals surface area contributed by atoms with E-state index >= 15 is 0 Å². The van der Waals surface area contributed by atoms with Crippen LogP contribution in [0.15, 0.2) is 77.1 Å². The van der Waals surface area contributed by atoms with Crippen molar-refractivity contribution >= 4 is 17.3 Å². The van der Waals surface area contributed by atoms with Gasteiger partial charge in [0.05, 0.1) is 11.8 Å². The van der Waals surface area contributed by atoms with E-state index in [0.29, 0.717) is 5.56 Å². The number of hydrogen-bond donors (Lipinski definition) is 1. The fourth-order valence-corrected chi connectivity index (χ4v) is 2.70. The van der Waals surface area contributed by atoms with Gasteiger partial charge < -0.3 is 9.52 Å². The first-order chi connectivity index (χ1) is 12.3. The largest absolute Gasteiger partial charge is 0.476 e. The number of oxazole rings is 1. The number of benzene rings is 1. The molecule has 4 rings (SSSR count). The summed E-state index contributed by atoms with van der Waals surface area (Å²) in [6.07, 6.45) is 6.07. The Kier molecular flexibility index (Phi) is 5.28. The van der Waals surface area contributed by atoms with Crippen LogP contribution >= 0.6 is 11.3 Å². The predicted molar refractivity (Wildman–Crippen MR) is 94.2 cm³/mol. The van der Waals surface area contributed by atoms with Gasteiger partial charge in [-0.05, 0) is 12.1 Å². The van der Waals surface area contributed by atoms with E-state index in [4.69, 9.17) is 9.52 Å². The third kappa shape index (κ3) is 4.15. The first-order valence-corrected chi connectivity index (χ1v) is 8.17. The summed E-state index contributed by atoms with van der Waals surface area (Å²) in [6, 6.07) is 13.4. The van der Waals surface area contributed by atoms with Gasteiger partial charge in [-0.3, -0.25) is 0 Å². The van der Waals surface area contributed by atoms with Gasteiger partial charge in [-0.15, -0.1) is 11.3 Å². The molecule has 0 saturated carbocycles. The summed E-state index contributed by atoms with van der Waals surface area (Å²) in [5.74, 6) is -0.839. The number of carboxylic acid groups (broad SMARTS) is 1. The summed E-state index contributed by atoms with van der Waals surface area (Å²) < 4.78 is 5.00. The Morgan fingerprint density at radius 3 is 2.44 bits per heavy atom. The molecule has 0 aliphatic carbocycles. The van der Waals surface area contributed by atoms with Gasteiger partial charge in [-0.2, -0.15) is 0 Å². The fourth-order valence-electron chi connectivity index (χ4n) is 2.05. The first-order valence-electron chi connectivity index (χ1n) is 7.29. The average Bonchev–Trinajstić information content (AvgIpc) is 3.37. The lowest BCUT2D eigenvalue weighted by molar-refractivity contribution is 0.0691. The summed E-state index contributed by atoms with van der Waals surface area (Å²) in [5.41, 5.74) is 1.52. The van der Waals surface area contributed by atoms with E-state index in [0.717, 1.165) is 5.01 Å². The molecule has 0 amide bonds. The van der Waals surface area contributed by atoms with Crippen LogP contribution in [0.25, 0.3) is 22.0 Å². The molecule has 1 N–H and O–H groups in total. The quantitative estimate of drug-likeness (QED) is 0.594. The summed E-state index contributed by atoms with van der Waals surface area (Å²) in [7, 11) is 0. The molecular weight excluding hydrogens is 338 g/mol. The summed E-state index contributed by atoms with van der Waals surface area (Å²) >= 11 is 1.66. The van der Waals surface area contributed by atoms with E-state index < -0.39 is 5.97 Å². The molecule has 124 valence electrons. The zero-order valence-electron chi connectivity index (χ0n) is 12.9. The Balaban J connectivity index is 0.000000150. The highest BCUT2D eigenvalue weighted by molar-refractivity contribution is 7.13. The summed E-state index contributed by atoms with van der Waals surface area (Å²) in [4.78, 5) is 22.6. The average molecular weight is 351 g/mol. The number of hydrogen-bond acceptors (Lipinski definition) is 6. The number of aromatic carboxylic acids is 1. The second-order valence-corrected chi connectivity index (χ2v) is 5.64. The molecule has 0 spiro atoms.